The fraction of sp³-hybridized carbons (Fsp3) is 0.385. The normalized spacial score (nSPS) is 19.6. The van der Waals surface area contributed by atoms with Gasteiger partial charge in [-0.1, -0.05) is 0 Å². The molecule has 0 spiro atoms. The Kier molecular flexibility index (Phi) is 3.33. The summed E-state index contributed by atoms with van der Waals surface area (Å²) in [5, 5.41) is 0. The molecule has 1 fully saturated rings. The summed E-state index contributed by atoms with van der Waals surface area (Å²) in [7, 11) is 0. The standard InChI is InChI=1S/C13H17N5O/c14-13-2-1-11(7-16-13)18-5-6-19-12(9-18)8-17-4-3-15-10-17/h1-4,7,10,12H,5-6,8-9H2,(H2,14,16)/t12-/m1/s1. The molecule has 0 bridgehead atoms. The summed E-state index contributed by atoms with van der Waals surface area (Å²) in [5.41, 5.74) is 6.70. The van der Waals surface area contributed by atoms with Crippen molar-refractivity contribution < 1.29 is 4.74 Å². The van der Waals surface area contributed by atoms with Crippen LogP contribution in [-0.4, -0.2) is 40.3 Å². The van der Waals surface area contributed by atoms with Gasteiger partial charge in [0.2, 0.25) is 0 Å². The number of aromatic nitrogens is 3. The van der Waals surface area contributed by atoms with E-state index in [0.717, 1.165) is 31.9 Å². The molecule has 3 rings (SSSR count). The van der Waals surface area contributed by atoms with Crippen molar-refractivity contribution in [2.75, 3.05) is 30.3 Å². The summed E-state index contributed by atoms with van der Waals surface area (Å²) in [6.07, 6.45) is 7.53. The number of rotatable bonds is 3. The fourth-order valence-corrected chi connectivity index (χ4v) is 2.28. The van der Waals surface area contributed by atoms with Gasteiger partial charge in [-0.15, -0.1) is 0 Å². The smallest absolute Gasteiger partial charge is 0.123 e. The van der Waals surface area contributed by atoms with E-state index in [1.165, 1.54) is 0 Å². The van der Waals surface area contributed by atoms with Gasteiger partial charge in [0.05, 0.1) is 37.5 Å². The largest absolute Gasteiger partial charge is 0.384 e. The number of nitrogens with two attached hydrogens (primary N) is 1. The van der Waals surface area contributed by atoms with Crippen LogP contribution in [-0.2, 0) is 11.3 Å². The Morgan fingerprint density at radius 2 is 2.37 bits per heavy atom. The van der Waals surface area contributed by atoms with E-state index in [1.807, 2.05) is 35.4 Å². The van der Waals surface area contributed by atoms with E-state index in [1.54, 1.807) is 6.20 Å². The van der Waals surface area contributed by atoms with Crippen LogP contribution in [0.2, 0.25) is 0 Å². The van der Waals surface area contributed by atoms with Gasteiger partial charge in [-0.3, -0.25) is 0 Å². The van der Waals surface area contributed by atoms with Gasteiger partial charge in [0, 0.05) is 25.5 Å². The van der Waals surface area contributed by atoms with Crippen LogP contribution in [0, 0.1) is 0 Å². The van der Waals surface area contributed by atoms with Crippen molar-refractivity contribution in [1.29, 1.82) is 0 Å². The van der Waals surface area contributed by atoms with Crippen molar-refractivity contribution in [3.63, 3.8) is 0 Å². The molecule has 1 aliphatic rings. The number of anilines is 2. The molecule has 6 heteroatoms. The highest BCUT2D eigenvalue weighted by molar-refractivity contribution is 5.48. The van der Waals surface area contributed by atoms with Crippen LogP contribution < -0.4 is 10.6 Å². The van der Waals surface area contributed by atoms with Crippen LogP contribution in [0.5, 0.6) is 0 Å². The highest BCUT2D eigenvalue weighted by Gasteiger charge is 2.21. The Morgan fingerprint density at radius 1 is 1.42 bits per heavy atom. The third-order valence-corrected chi connectivity index (χ3v) is 3.25. The van der Waals surface area contributed by atoms with E-state index in [9.17, 15) is 0 Å². The number of hydrogen-bond acceptors (Lipinski definition) is 5. The predicted octanol–water partition coefficient (Wildman–Crippen LogP) is 0.766. The number of nitrogens with zero attached hydrogens (tertiary/aromatic N) is 4. The molecule has 100 valence electrons. The van der Waals surface area contributed by atoms with Crippen LogP contribution in [0.25, 0.3) is 0 Å². The highest BCUT2D eigenvalue weighted by atomic mass is 16.5. The molecule has 19 heavy (non-hydrogen) atoms. The van der Waals surface area contributed by atoms with E-state index < -0.39 is 0 Å². The lowest BCUT2D eigenvalue weighted by Crippen LogP contribution is -2.44. The predicted molar refractivity (Wildman–Crippen MR) is 72.8 cm³/mol. The molecule has 0 amide bonds. The van der Waals surface area contributed by atoms with Crippen molar-refractivity contribution in [2.24, 2.45) is 0 Å². The SMILES string of the molecule is Nc1ccc(N2CCO[C@H](Cn3ccnc3)C2)cn1. The highest BCUT2D eigenvalue weighted by Crippen LogP contribution is 2.18. The molecule has 1 atom stereocenters. The second-order valence-corrected chi connectivity index (χ2v) is 4.64. The zero-order valence-electron chi connectivity index (χ0n) is 10.6. The lowest BCUT2D eigenvalue weighted by Gasteiger charge is -2.34. The molecule has 0 saturated carbocycles. The average Bonchev–Trinajstić information content (AvgIpc) is 2.93. The molecule has 1 saturated heterocycles. The topological polar surface area (TPSA) is 69.2 Å². The van der Waals surface area contributed by atoms with Crippen LogP contribution in [0.4, 0.5) is 11.5 Å². The number of nitrogen functional groups attached to an aromatic ring is 1. The minimum absolute atomic E-state index is 0.167. The average molecular weight is 259 g/mol. The molecule has 0 aromatic carbocycles. The van der Waals surface area contributed by atoms with Crippen LogP contribution in [0.3, 0.4) is 0 Å². The minimum atomic E-state index is 0.167. The van der Waals surface area contributed by atoms with E-state index >= 15 is 0 Å². The third-order valence-electron chi connectivity index (χ3n) is 3.25. The Hall–Kier alpha value is -2.08. The van der Waals surface area contributed by atoms with Gasteiger partial charge >= 0.3 is 0 Å². The lowest BCUT2D eigenvalue weighted by molar-refractivity contribution is 0.0296. The maximum absolute atomic E-state index is 5.79. The molecule has 0 radical (unpaired) electrons. The van der Waals surface area contributed by atoms with E-state index in [2.05, 4.69) is 14.9 Å². The Morgan fingerprint density at radius 3 is 3.11 bits per heavy atom. The number of pyridine rings is 1. The quantitative estimate of drug-likeness (QED) is 0.881. The van der Waals surface area contributed by atoms with Gasteiger partial charge in [0.15, 0.2) is 0 Å². The van der Waals surface area contributed by atoms with E-state index in [0.29, 0.717) is 5.82 Å². The molecular weight excluding hydrogens is 242 g/mol. The number of ether oxygens (including phenoxy) is 1. The van der Waals surface area contributed by atoms with Crippen LogP contribution in [0.1, 0.15) is 0 Å². The molecule has 0 unspecified atom stereocenters. The van der Waals surface area contributed by atoms with Gasteiger partial charge in [-0.25, -0.2) is 9.97 Å². The van der Waals surface area contributed by atoms with E-state index in [-0.39, 0.29) is 6.10 Å². The molecule has 2 aromatic heterocycles. The number of morpholine rings is 1. The molecule has 2 aromatic rings. The summed E-state index contributed by atoms with van der Waals surface area (Å²) in [6, 6.07) is 3.83. The summed E-state index contributed by atoms with van der Waals surface area (Å²) < 4.78 is 7.83. The first-order valence-electron chi connectivity index (χ1n) is 6.35. The maximum atomic E-state index is 5.79. The zero-order valence-corrected chi connectivity index (χ0v) is 10.6. The summed E-state index contributed by atoms with van der Waals surface area (Å²) in [5.74, 6) is 0.548. The maximum Gasteiger partial charge on any atom is 0.123 e. The number of imidazole rings is 1. The van der Waals surface area contributed by atoms with Gasteiger partial charge in [0.1, 0.15) is 5.82 Å². The van der Waals surface area contributed by atoms with Gasteiger partial charge < -0.3 is 19.9 Å². The Labute approximate surface area is 111 Å². The molecule has 1 aliphatic heterocycles. The Balaban J connectivity index is 1.66. The summed E-state index contributed by atoms with van der Waals surface area (Å²) in [4.78, 5) is 10.5. The molecule has 2 N–H and O–H groups in total. The first kappa shape index (κ1) is 12.0. The van der Waals surface area contributed by atoms with Gasteiger partial charge in [-0.05, 0) is 12.1 Å². The minimum Gasteiger partial charge on any atom is -0.384 e. The first-order chi connectivity index (χ1) is 9.31. The van der Waals surface area contributed by atoms with Crippen molar-refractivity contribution in [3.05, 3.63) is 37.1 Å². The third kappa shape index (κ3) is 2.85. The van der Waals surface area contributed by atoms with Crippen LogP contribution >= 0.6 is 0 Å². The fourth-order valence-electron chi connectivity index (χ4n) is 2.28. The van der Waals surface area contributed by atoms with Gasteiger partial charge in [0.25, 0.3) is 0 Å². The molecule has 3 heterocycles. The van der Waals surface area contributed by atoms with Crippen LogP contribution in [0.15, 0.2) is 37.1 Å². The van der Waals surface area contributed by atoms with Crippen molar-refractivity contribution in [1.82, 2.24) is 14.5 Å². The van der Waals surface area contributed by atoms with Crippen molar-refractivity contribution in [3.8, 4) is 0 Å². The summed E-state index contributed by atoms with van der Waals surface area (Å²) >= 11 is 0. The second kappa shape index (κ2) is 5.27. The van der Waals surface area contributed by atoms with E-state index in [4.69, 9.17) is 10.5 Å². The molecule has 6 nitrogen and oxygen atoms in total. The summed E-state index contributed by atoms with van der Waals surface area (Å²) in [6.45, 7) is 3.28. The van der Waals surface area contributed by atoms with Gasteiger partial charge in [-0.2, -0.15) is 0 Å². The Bertz CT molecular complexity index is 510. The second-order valence-electron chi connectivity index (χ2n) is 4.64. The molecule has 0 aliphatic carbocycles. The van der Waals surface area contributed by atoms with Crippen molar-refractivity contribution in [2.45, 2.75) is 12.6 Å². The molecular formula is C13H17N5O. The number of hydrogen-bond donors (Lipinski definition) is 1. The first-order valence-corrected chi connectivity index (χ1v) is 6.35. The monoisotopic (exact) mass is 259 g/mol. The zero-order chi connectivity index (χ0) is 13.1. The lowest BCUT2D eigenvalue weighted by atomic mass is 10.2. The van der Waals surface area contributed by atoms with Crippen molar-refractivity contribution >= 4 is 11.5 Å².